The molecule has 37 heavy (non-hydrogen) atoms. The third kappa shape index (κ3) is 4.51. The van der Waals surface area contributed by atoms with Crippen LogP contribution in [0.25, 0.3) is 32.9 Å². The molecule has 2 aromatic carbocycles. The highest BCUT2D eigenvalue weighted by atomic mass is 32.2. The lowest BCUT2D eigenvalue weighted by molar-refractivity contribution is 0.101. The van der Waals surface area contributed by atoms with E-state index in [1.165, 1.54) is 12.3 Å². The summed E-state index contributed by atoms with van der Waals surface area (Å²) >= 11 is 0. The predicted molar refractivity (Wildman–Crippen MR) is 142 cm³/mol. The number of rotatable bonds is 6. The molecule has 10 heteroatoms. The Kier molecular flexibility index (Phi) is 5.91. The molecule has 0 atom stereocenters. The molecule has 0 amide bonds. The molecule has 0 radical (unpaired) electrons. The summed E-state index contributed by atoms with van der Waals surface area (Å²) in [5, 5.41) is 1.23. The van der Waals surface area contributed by atoms with Crippen molar-refractivity contribution in [3.05, 3.63) is 93.8 Å². The van der Waals surface area contributed by atoms with Crippen LogP contribution in [0.2, 0.25) is 0 Å². The van der Waals surface area contributed by atoms with E-state index in [4.69, 9.17) is 5.73 Å². The van der Waals surface area contributed by atoms with Crippen LogP contribution < -0.4 is 11.3 Å². The maximum atomic E-state index is 14.9. The lowest BCUT2D eigenvalue weighted by Crippen LogP contribution is -2.20. The molecule has 0 aliphatic rings. The predicted octanol–water partition coefficient (Wildman–Crippen LogP) is 3.85. The second-order valence-electron chi connectivity index (χ2n) is 9.06. The van der Waals surface area contributed by atoms with E-state index in [0.717, 1.165) is 11.6 Å². The Bertz CT molecular complexity index is 1890. The number of nitrogens with zero attached hydrogens (tertiary/aromatic N) is 2. The van der Waals surface area contributed by atoms with Crippen molar-refractivity contribution in [2.45, 2.75) is 13.5 Å². The van der Waals surface area contributed by atoms with E-state index in [1.54, 1.807) is 41.8 Å². The van der Waals surface area contributed by atoms with Gasteiger partial charge in [-0.1, -0.05) is 18.2 Å². The number of nitrogen functional groups attached to an aromatic ring is 1. The topological polar surface area (TPSA) is 128 Å². The number of aromatic amines is 1. The second kappa shape index (κ2) is 8.97. The zero-order chi connectivity index (χ0) is 26.5. The van der Waals surface area contributed by atoms with Crippen LogP contribution in [-0.4, -0.2) is 40.7 Å². The monoisotopic (exact) mass is 518 g/mol. The van der Waals surface area contributed by atoms with E-state index in [0.29, 0.717) is 27.5 Å². The van der Waals surface area contributed by atoms with Gasteiger partial charge < -0.3 is 15.3 Å². The molecule has 0 fully saturated rings. The third-order valence-electron chi connectivity index (χ3n) is 6.24. The number of aromatic nitrogens is 3. The van der Waals surface area contributed by atoms with Crippen molar-refractivity contribution in [2.24, 2.45) is 0 Å². The zero-order valence-electron chi connectivity index (χ0n) is 20.1. The van der Waals surface area contributed by atoms with Gasteiger partial charge in [0.05, 0.1) is 16.7 Å². The third-order valence-corrected chi connectivity index (χ3v) is 7.03. The smallest absolute Gasteiger partial charge is 0.255 e. The molecule has 0 aliphatic heterocycles. The number of halogens is 1. The van der Waals surface area contributed by atoms with Gasteiger partial charge in [-0.3, -0.25) is 9.59 Å². The molecule has 5 aromatic rings. The number of aryl methyl sites for hydroxylation is 1. The molecule has 0 spiro atoms. The molecule has 5 rings (SSSR count). The Morgan fingerprint density at radius 3 is 2.59 bits per heavy atom. The first-order valence-corrected chi connectivity index (χ1v) is 13.4. The minimum Gasteiger partial charge on any atom is -0.384 e. The van der Waals surface area contributed by atoms with E-state index >= 15 is 0 Å². The number of Topliss-reactive ketones (excluding diaryl/α,β-unsaturated/α-hetero) is 1. The van der Waals surface area contributed by atoms with Gasteiger partial charge in [0, 0.05) is 40.9 Å². The zero-order valence-corrected chi connectivity index (χ0v) is 20.9. The number of carbonyl (C=O) groups excluding carboxylic acids is 1. The van der Waals surface area contributed by atoms with Crippen molar-refractivity contribution >= 4 is 43.2 Å². The fraction of sp³-hybridized carbons (Fsp3) is 0.148. The molecular weight excluding hydrogens is 495 g/mol. The summed E-state index contributed by atoms with van der Waals surface area (Å²) in [6.07, 6.45) is 2.42. The first-order chi connectivity index (χ1) is 17.5. The first kappa shape index (κ1) is 24.4. The van der Waals surface area contributed by atoms with E-state index in [-0.39, 0.29) is 29.2 Å². The minimum atomic E-state index is -3.72. The van der Waals surface area contributed by atoms with Gasteiger partial charge >= 0.3 is 0 Å². The van der Waals surface area contributed by atoms with Gasteiger partial charge in [-0.2, -0.15) is 0 Å². The number of benzene rings is 2. The number of H-pyrrole nitrogens is 1. The summed E-state index contributed by atoms with van der Waals surface area (Å²) in [6.45, 7) is 1.64. The SMILES string of the molecule is Cc1cc2c(-c3ccc[nH]c3=O)c(C(=O)CS(C)(=O)=O)n(Cc3cc(N)nc4ccccc34)c2cc1F. The van der Waals surface area contributed by atoms with Crippen LogP contribution in [0.3, 0.4) is 0 Å². The average molecular weight is 519 g/mol. The van der Waals surface area contributed by atoms with Gasteiger partial charge in [-0.05, 0) is 54.4 Å². The molecular formula is C27H23FN4O4S. The average Bonchev–Trinajstić information content (AvgIpc) is 3.11. The van der Waals surface area contributed by atoms with Crippen LogP contribution >= 0.6 is 0 Å². The Balaban J connectivity index is 1.90. The standard InChI is InChI=1S/C27H23FN4O4S/c1-15-10-19-22(12-20(15)28)32(13-16-11-24(29)31-21-8-4-3-6-17(16)21)26(23(33)14-37(2,35)36)25(19)18-7-5-9-30-27(18)34/h3-12H,13-14H2,1-2H3,(H2,29,31)(H,30,34). The van der Waals surface area contributed by atoms with Crippen molar-refractivity contribution in [1.29, 1.82) is 0 Å². The lowest BCUT2D eigenvalue weighted by atomic mass is 10.0. The van der Waals surface area contributed by atoms with Crippen molar-refractivity contribution in [1.82, 2.24) is 14.5 Å². The van der Waals surface area contributed by atoms with E-state index in [2.05, 4.69) is 9.97 Å². The van der Waals surface area contributed by atoms with E-state index < -0.39 is 32.7 Å². The van der Waals surface area contributed by atoms with Crippen LogP contribution in [0, 0.1) is 12.7 Å². The summed E-state index contributed by atoms with van der Waals surface area (Å²) in [5.74, 6) is -1.72. The quantitative estimate of drug-likeness (QED) is 0.329. The van der Waals surface area contributed by atoms with Gasteiger partial charge in [0.15, 0.2) is 15.6 Å². The number of fused-ring (bicyclic) bond motifs is 2. The number of nitrogens with one attached hydrogen (secondary N) is 1. The Morgan fingerprint density at radius 2 is 1.86 bits per heavy atom. The van der Waals surface area contributed by atoms with Crippen LogP contribution in [0.4, 0.5) is 10.2 Å². The number of para-hydroxylation sites is 1. The van der Waals surface area contributed by atoms with Gasteiger partial charge in [0.2, 0.25) is 0 Å². The van der Waals surface area contributed by atoms with Crippen molar-refractivity contribution in [2.75, 3.05) is 17.7 Å². The molecule has 188 valence electrons. The van der Waals surface area contributed by atoms with Crippen LogP contribution in [0.5, 0.6) is 0 Å². The summed E-state index contributed by atoms with van der Waals surface area (Å²) < 4.78 is 40.8. The normalized spacial score (nSPS) is 11.9. The van der Waals surface area contributed by atoms with Crippen molar-refractivity contribution < 1.29 is 17.6 Å². The summed E-state index contributed by atoms with van der Waals surface area (Å²) in [6, 6.07) is 15.0. The highest BCUT2D eigenvalue weighted by Gasteiger charge is 2.28. The molecule has 0 aliphatic carbocycles. The minimum absolute atomic E-state index is 0.00147. The number of anilines is 1. The van der Waals surface area contributed by atoms with E-state index in [1.807, 2.05) is 18.2 Å². The number of pyridine rings is 2. The Hall–Kier alpha value is -4.31. The van der Waals surface area contributed by atoms with Crippen LogP contribution in [0.15, 0.2) is 65.6 Å². The van der Waals surface area contributed by atoms with Crippen molar-refractivity contribution in [3.63, 3.8) is 0 Å². The molecule has 3 N–H and O–H groups in total. The number of hydrogen-bond donors (Lipinski definition) is 2. The summed E-state index contributed by atoms with van der Waals surface area (Å²) in [5.41, 5.74) is 8.02. The summed E-state index contributed by atoms with van der Waals surface area (Å²) in [4.78, 5) is 33.4. The fourth-order valence-corrected chi connectivity index (χ4v) is 5.31. The number of carbonyl (C=O) groups is 1. The number of sulfone groups is 1. The molecule has 0 bridgehead atoms. The molecule has 0 saturated heterocycles. The highest BCUT2D eigenvalue weighted by molar-refractivity contribution is 7.91. The van der Waals surface area contributed by atoms with Crippen LogP contribution in [-0.2, 0) is 16.4 Å². The lowest BCUT2D eigenvalue weighted by Gasteiger charge is -2.14. The van der Waals surface area contributed by atoms with Crippen molar-refractivity contribution in [3.8, 4) is 11.1 Å². The largest absolute Gasteiger partial charge is 0.384 e. The highest BCUT2D eigenvalue weighted by Crippen LogP contribution is 2.37. The van der Waals surface area contributed by atoms with E-state index in [9.17, 15) is 22.4 Å². The first-order valence-electron chi connectivity index (χ1n) is 11.4. The molecule has 3 aromatic heterocycles. The fourth-order valence-electron chi connectivity index (χ4n) is 4.70. The van der Waals surface area contributed by atoms with Gasteiger partial charge in [0.1, 0.15) is 17.4 Å². The molecule has 0 saturated carbocycles. The second-order valence-corrected chi connectivity index (χ2v) is 11.2. The van der Waals surface area contributed by atoms with Crippen LogP contribution in [0.1, 0.15) is 21.6 Å². The number of nitrogens with two attached hydrogens (primary N) is 1. The van der Waals surface area contributed by atoms with Gasteiger partial charge in [0.25, 0.3) is 5.56 Å². The molecule has 3 heterocycles. The van der Waals surface area contributed by atoms with Gasteiger partial charge in [-0.25, -0.2) is 17.8 Å². The maximum absolute atomic E-state index is 14.9. The molecule has 0 unspecified atom stereocenters. The maximum Gasteiger partial charge on any atom is 0.255 e. The Morgan fingerprint density at radius 1 is 1.11 bits per heavy atom. The number of hydrogen-bond acceptors (Lipinski definition) is 6. The van der Waals surface area contributed by atoms with Gasteiger partial charge in [-0.15, -0.1) is 0 Å². The molecule has 8 nitrogen and oxygen atoms in total. The Labute approximate surface area is 211 Å². The summed E-state index contributed by atoms with van der Waals surface area (Å²) in [7, 11) is -3.72. The number of ketones is 1.